The highest BCUT2D eigenvalue weighted by Crippen LogP contribution is 2.37. The van der Waals surface area contributed by atoms with Crippen LogP contribution in [0.5, 0.6) is 0 Å². The van der Waals surface area contributed by atoms with Crippen LogP contribution < -0.4 is 5.73 Å². The standard InChI is InChI=1S/C10H17N3O2/c1-3-9(2)6-10(11,4-5-14-9)8-12-7-15-13-8/h7H,3-6,11H2,1-2H3. The van der Waals surface area contributed by atoms with Gasteiger partial charge in [0.1, 0.15) is 0 Å². The number of rotatable bonds is 2. The molecule has 2 rings (SSSR count). The number of nitrogens with zero attached hydrogens (tertiary/aromatic N) is 2. The van der Waals surface area contributed by atoms with Gasteiger partial charge in [0.15, 0.2) is 5.82 Å². The van der Waals surface area contributed by atoms with Crippen molar-refractivity contribution in [2.75, 3.05) is 6.61 Å². The molecule has 0 bridgehead atoms. The van der Waals surface area contributed by atoms with Gasteiger partial charge in [0.2, 0.25) is 6.39 Å². The van der Waals surface area contributed by atoms with Gasteiger partial charge in [-0.25, -0.2) is 0 Å². The number of nitrogens with two attached hydrogens (primary N) is 1. The second kappa shape index (κ2) is 3.57. The molecule has 0 radical (unpaired) electrons. The van der Waals surface area contributed by atoms with Gasteiger partial charge in [0.25, 0.3) is 0 Å². The van der Waals surface area contributed by atoms with Gasteiger partial charge in [-0.15, -0.1) is 0 Å². The first-order valence-corrected chi connectivity index (χ1v) is 5.28. The average Bonchev–Trinajstić information content (AvgIpc) is 2.71. The highest BCUT2D eigenvalue weighted by molar-refractivity contribution is 5.07. The van der Waals surface area contributed by atoms with Crippen molar-refractivity contribution in [3.63, 3.8) is 0 Å². The lowest BCUT2D eigenvalue weighted by Crippen LogP contribution is -2.51. The van der Waals surface area contributed by atoms with E-state index in [2.05, 4.69) is 24.0 Å². The summed E-state index contributed by atoms with van der Waals surface area (Å²) in [6.07, 6.45) is 3.73. The quantitative estimate of drug-likeness (QED) is 0.795. The first-order valence-electron chi connectivity index (χ1n) is 5.28. The van der Waals surface area contributed by atoms with Gasteiger partial charge < -0.3 is 15.0 Å². The van der Waals surface area contributed by atoms with Crippen molar-refractivity contribution in [3.8, 4) is 0 Å². The average molecular weight is 211 g/mol. The Bertz CT molecular complexity index is 327. The number of aromatic nitrogens is 2. The topological polar surface area (TPSA) is 74.2 Å². The van der Waals surface area contributed by atoms with Crippen molar-refractivity contribution in [2.24, 2.45) is 5.73 Å². The molecular weight excluding hydrogens is 194 g/mol. The summed E-state index contributed by atoms with van der Waals surface area (Å²) in [6, 6.07) is 0. The van der Waals surface area contributed by atoms with Crippen LogP contribution in [0.15, 0.2) is 10.9 Å². The minimum atomic E-state index is -0.504. The smallest absolute Gasteiger partial charge is 0.213 e. The molecule has 15 heavy (non-hydrogen) atoms. The van der Waals surface area contributed by atoms with E-state index in [0.29, 0.717) is 12.4 Å². The molecule has 2 heterocycles. The summed E-state index contributed by atoms with van der Waals surface area (Å²) in [5, 5.41) is 3.84. The molecule has 1 aromatic heterocycles. The summed E-state index contributed by atoms with van der Waals surface area (Å²) in [5.41, 5.74) is 5.63. The van der Waals surface area contributed by atoms with Gasteiger partial charge >= 0.3 is 0 Å². The fourth-order valence-corrected chi connectivity index (χ4v) is 2.09. The predicted octanol–water partition coefficient (Wildman–Crippen LogP) is 1.20. The van der Waals surface area contributed by atoms with E-state index in [1.165, 1.54) is 6.39 Å². The van der Waals surface area contributed by atoms with Crippen LogP contribution in [0.25, 0.3) is 0 Å². The summed E-state index contributed by atoms with van der Waals surface area (Å²) < 4.78 is 10.5. The van der Waals surface area contributed by atoms with Crippen molar-refractivity contribution in [3.05, 3.63) is 12.2 Å². The molecule has 1 aromatic rings. The van der Waals surface area contributed by atoms with E-state index in [1.54, 1.807) is 0 Å². The number of ether oxygens (including phenoxy) is 1. The molecule has 1 aliphatic heterocycles. The lowest BCUT2D eigenvalue weighted by atomic mass is 9.79. The molecule has 2 N–H and O–H groups in total. The van der Waals surface area contributed by atoms with Crippen LogP contribution in [0, 0.1) is 0 Å². The van der Waals surface area contributed by atoms with E-state index in [4.69, 9.17) is 15.0 Å². The lowest BCUT2D eigenvalue weighted by Gasteiger charge is -2.42. The maximum atomic E-state index is 6.31. The van der Waals surface area contributed by atoms with Crippen LogP contribution in [-0.2, 0) is 10.3 Å². The van der Waals surface area contributed by atoms with E-state index in [-0.39, 0.29) is 5.60 Å². The third kappa shape index (κ3) is 1.89. The minimum absolute atomic E-state index is 0.173. The van der Waals surface area contributed by atoms with Gasteiger partial charge in [-0.05, 0) is 19.8 Å². The highest BCUT2D eigenvalue weighted by Gasteiger charge is 2.43. The molecule has 1 aliphatic rings. The van der Waals surface area contributed by atoms with Crippen LogP contribution in [0.4, 0.5) is 0 Å². The number of hydrogen-bond acceptors (Lipinski definition) is 5. The Balaban J connectivity index is 2.22. The molecule has 0 saturated carbocycles. The Morgan fingerprint density at radius 3 is 3.00 bits per heavy atom. The van der Waals surface area contributed by atoms with Crippen LogP contribution >= 0.6 is 0 Å². The van der Waals surface area contributed by atoms with E-state index in [0.717, 1.165) is 19.3 Å². The molecule has 5 nitrogen and oxygen atoms in total. The molecule has 0 amide bonds. The SMILES string of the molecule is CCC1(C)CC(N)(c2ncon2)CCO1. The second-order valence-corrected chi connectivity index (χ2v) is 4.49. The molecule has 2 unspecified atom stereocenters. The Labute approximate surface area is 89.0 Å². The fourth-order valence-electron chi connectivity index (χ4n) is 2.09. The van der Waals surface area contributed by atoms with Crippen molar-refractivity contribution < 1.29 is 9.26 Å². The predicted molar refractivity (Wildman–Crippen MR) is 54.0 cm³/mol. The zero-order valence-corrected chi connectivity index (χ0v) is 9.19. The molecule has 84 valence electrons. The molecule has 2 atom stereocenters. The van der Waals surface area contributed by atoms with Crippen molar-refractivity contribution in [1.29, 1.82) is 0 Å². The van der Waals surface area contributed by atoms with Crippen LogP contribution in [0.2, 0.25) is 0 Å². The third-order valence-corrected chi connectivity index (χ3v) is 3.24. The summed E-state index contributed by atoms with van der Waals surface area (Å²) >= 11 is 0. The molecule has 1 saturated heterocycles. The third-order valence-electron chi connectivity index (χ3n) is 3.24. The Morgan fingerprint density at radius 2 is 2.40 bits per heavy atom. The molecule has 0 aliphatic carbocycles. The maximum absolute atomic E-state index is 6.31. The number of hydrogen-bond donors (Lipinski definition) is 1. The molecular formula is C10H17N3O2. The molecule has 0 spiro atoms. The van der Waals surface area contributed by atoms with Crippen LogP contribution in [0.3, 0.4) is 0 Å². The van der Waals surface area contributed by atoms with E-state index >= 15 is 0 Å². The summed E-state index contributed by atoms with van der Waals surface area (Å²) in [4.78, 5) is 4.05. The van der Waals surface area contributed by atoms with Gasteiger partial charge in [0, 0.05) is 13.0 Å². The lowest BCUT2D eigenvalue weighted by molar-refractivity contribution is -0.0973. The van der Waals surface area contributed by atoms with Gasteiger partial charge in [-0.3, -0.25) is 0 Å². The summed E-state index contributed by atoms with van der Waals surface area (Å²) in [6.45, 7) is 4.82. The van der Waals surface area contributed by atoms with Gasteiger partial charge in [-0.2, -0.15) is 4.98 Å². The first kappa shape index (κ1) is 10.6. The zero-order valence-electron chi connectivity index (χ0n) is 9.19. The van der Waals surface area contributed by atoms with Crippen molar-refractivity contribution in [2.45, 2.75) is 44.2 Å². The van der Waals surface area contributed by atoms with Gasteiger partial charge in [-0.1, -0.05) is 12.1 Å². The Kier molecular flexibility index (Phi) is 2.52. The van der Waals surface area contributed by atoms with Crippen molar-refractivity contribution >= 4 is 0 Å². The largest absolute Gasteiger partial charge is 0.375 e. The molecule has 5 heteroatoms. The Hall–Kier alpha value is -0.940. The molecule has 0 aromatic carbocycles. The van der Waals surface area contributed by atoms with Gasteiger partial charge in [0.05, 0.1) is 11.1 Å². The van der Waals surface area contributed by atoms with E-state index < -0.39 is 5.54 Å². The normalized spacial score (nSPS) is 36.7. The maximum Gasteiger partial charge on any atom is 0.213 e. The first-order chi connectivity index (χ1) is 7.08. The van der Waals surface area contributed by atoms with Crippen molar-refractivity contribution in [1.82, 2.24) is 10.1 Å². The Morgan fingerprint density at radius 1 is 1.60 bits per heavy atom. The monoisotopic (exact) mass is 211 g/mol. The fraction of sp³-hybridized carbons (Fsp3) is 0.800. The van der Waals surface area contributed by atoms with E-state index in [1.807, 2.05) is 0 Å². The summed E-state index contributed by atoms with van der Waals surface area (Å²) in [7, 11) is 0. The summed E-state index contributed by atoms with van der Waals surface area (Å²) in [5.74, 6) is 0.588. The molecule has 1 fully saturated rings. The van der Waals surface area contributed by atoms with Crippen LogP contribution in [-0.4, -0.2) is 22.3 Å². The minimum Gasteiger partial charge on any atom is -0.375 e. The zero-order chi connectivity index (χ0) is 10.9. The highest BCUT2D eigenvalue weighted by atomic mass is 16.5. The van der Waals surface area contributed by atoms with E-state index in [9.17, 15) is 0 Å². The van der Waals surface area contributed by atoms with Crippen LogP contribution in [0.1, 0.15) is 38.9 Å². The second-order valence-electron chi connectivity index (χ2n) is 4.49.